The Morgan fingerprint density at radius 2 is 2.38 bits per heavy atom. The maximum atomic E-state index is 8.60. The summed E-state index contributed by atoms with van der Waals surface area (Å²) >= 11 is 0. The molecule has 1 saturated carbocycles. The molecule has 4 nitrogen and oxygen atoms in total. The van der Waals surface area contributed by atoms with E-state index in [0.717, 1.165) is 25.2 Å². The largest absolute Gasteiger partial charge is 0.449 e. The molecule has 1 aliphatic carbocycles. The van der Waals surface area contributed by atoms with Gasteiger partial charge in [0.1, 0.15) is 11.8 Å². The topological polar surface area (TPSA) is 58.2 Å². The summed E-state index contributed by atoms with van der Waals surface area (Å²) in [6.07, 6.45) is 2.56. The number of hydrogen-bond donors (Lipinski definition) is 1. The molecule has 0 amide bonds. The number of nitrogens with one attached hydrogen (secondary N) is 1. The van der Waals surface area contributed by atoms with Gasteiger partial charge in [-0.3, -0.25) is 0 Å². The van der Waals surface area contributed by atoms with Crippen molar-refractivity contribution in [2.75, 3.05) is 6.61 Å². The summed E-state index contributed by atoms with van der Waals surface area (Å²) < 4.78 is 10.7. The summed E-state index contributed by atoms with van der Waals surface area (Å²) in [6.45, 7) is 3.50. The summed E-state index contributed by atoms with van der Waals surface area (Å²) in [4.78, 5) is 0. The van der Waals surface area contributed by atoms with Crippen molar-refractivity contribution in [1.82, 2.24) is 5.32 Å². The Kier molecular flexibility index (Phi) is 3.60. The Labute approximate surface area is 95.2 Å². The van der Waals surface area contributed by atoms with Gasteiger partial charge in [0.05, 0.1) is 12.6 Å². The van der Waals surface area contributed by atoms with E-state index < -0.39 is 0 Å². The molecule has 0 aliphatic heterocycles. The van der Waals surface area contributed by atoms with Crippen LogP contribution >= 0.6 is 0 Å². The van der Waals surface area contributed by atoms with Gasteiger partial charge in [-0.15, -0.1) is 0 Å². The van der Waals surface area contributed by atoms with Gasteiger partial charge in [-0.25, -0.2) is 0 Å². The Hall–Kier alpha value is -1.31. The number of rotatable bonds is 5. The summed E-state index contributed by atoms with van der Waals surface area (Å²) in [5.41, 5.74) is 0. The van der Waals surface area contributed by atoms with Crippen LogP contribution in [-0.4, -0.2) is 18.8 Å². The van der Waals surface area contributed by atoms with Gasteiger partial charge < -0.3 is 14.5 Å². The molecule has 2 rings (SSSR count). The van der Waals surface area contributed by atoms with Crippen molar-refractivity contribution in [3.05, 3.63) is 23.7 Å². The normalized spacial score (nSPS) is 23.8. The molecule has 1 aliphatic rings. The summed E-state index contributed by atoms with van der Waals surface area (Å²) in [5, 5.41) is 12.0. The number of hydrogen-bond acceptors (Lipinski definition) is 4. The molecule has 0 spiro atoms. The minimum absolute atomic E-state index is 0.373. The lowest BCUT2D eigenvalue weighted by atomic mass is 9.89. The van der Waals surface area contributed by atoms with Gasteiger partial charge in [0, 0.05) is 12.6 Å². The molecule has 0 bridgehead atoms. The molecule has 16 heavy (non-hydrogen) atoms. The predicted molar refractivity (Wildman–Crippen MR) is 58.7 cm³/mol. The number of nitrogens with zero attached hydrogens (tertiary/aromatic N) is 1. The maximum Gasteiger partial charge on any atom is 0.203 e. The maximum absolute atomic E-state index is 8.60. The van der Waals surface area contributed by atoms with Gasteiger partial charge in [0.15, 0.2) is 0 Å². The second-order valence-corrected chi connectivity index (χ2v) is 4.00. The van der Waals surface area contributed by atoms with E-state index >= 15 is 0 Å². The fourth-order valence-electron chi connectivity index (χ4n) is 1.88. The van der Waals surface area contributed by atoms with Crippen molar-refractivity contribution in [3.63, 3.8) is 0 Å². The van der Waals surface area contributed by atoms with Crippen LogP contribution in [0.3, 0.4) is 0 Å². The van der Waals surface area contributed by atoms with Crippen LogP contribution in [0.15, 0.2) is 16.5 Å². The lowest BCUT2D eigenvalue weighted by Crippen LogP contribution is -2.45. The Bertz CT molecular complexity index is 375. The molecular formula is C12H16N2O2. The average molecular weight is 220 g/mol. The second-order valence-electron chi connectivity index (χ2n) is 4.00. The van der Waals surface area contributed by atoms with Gasteiger partial charge in [0.25, 0.3) is 0 Å². The first-order valence-corrected chi connectivity index (χ1v) is 5.65. The molecule has 0 atom stereocenters. The molecule has 0 radical (unpaired) electrons. The summed E-state index contributed by atoms with van der Waals surface area (Å²) in [7, 11) is 0. The van der Waals surface area contributed by atoms with Crippen LogP contribution in [-0.2, 0) is 11.3 Å². The Morgan fingerprint density at radius 1 is 1.56 bits per heavy atom. The van der Waals surface area contributed by atoms with E-state index in [9.17, 15) is 0 Å². The van der Waals surface area contributed by atoms with Crippen LogP contribution in [0.4, 0.5) is 0 Å². The molecular weight excluding hydrogens is 204 g/mol. The highest BCUT2D eigenvalue weighted by Crippen LogP contribution is 2.23. The zero-order valence-electron chi connectivity index (χ0n) is 9.40. The molecule has 4 heteroatoms. The van der Waals surface area contributed by atoms with E-state index in [-0.39, 0.29) is 0 Å². The quantitative estimate of drug-likeness (QED) is 0.822. The number of furan rings is 1. The van der Waals surface area contributed by atoms with Crippen LogP contribution in [0.5, 0.6) is 0 Å². The van der Waals surface area contributed by atoms with E-state index in [1.54, 1.807) is 6.07 Å². The zero-order chi connectivity index (χ0) is 11.4. The molecule has 86 valence electrons. The van der Waals surface area contributed by atoms with Gasteiger partial charge in [0.2, 0.25) is 5.76 Å². The molecule has 0 saturated heterocycles. The van der Waals surface area contributed by atoms with E-state index in [1.165, 1.54) is 0 Å². The molecule has 0 aromatic carbocycles. The third kappa shape index (κ3) is 2.63. The van der Waals surface area contributed by atoms with Crippen molar-refractivity contribution in [3.8, 4) is 6.07 Å². The second kappa shape index (κ2) is 5.15. The minimum atomic E-state index is 0.373. The van der Waals surface area contributed by atoms with Crippen molar-refractivity contribution in [1.29, 1.82) is 5.26 Å². The van der Waals surface area contributed by atoms with Gasteiger partial charge in [-0.2, -0.15) is 5.26 Å². The lowest BCUT2D eigenvalue weighted by molar-refractivity contribution is -0.0105. The number of nitriles is 1. The van der Waals surface area contributed by atoms with E-state index in [1.807, 2.05) is 19.1 Å². The summed E-state index contributed by atoms with van der Waals surface area (Å²) in [5.74, 6) is 1.19. The van der Waals surface area contributed by atoms with Crippen molar-refractivity contribution >= 4 is 0 Å². The van der Waals surface area contributed by atoms with E-state index in [0.29, 0.717) is 24.5 Å². The molecule has 0 unspecified atom stereocenters. The first-order valence-electron chi connectivity index (χ1n) is 5.65. The van der Waals surface area contributed by atoms with Crippen LogP contribution in [0.25, 0.3) is 0 Å². The smallest absolute Gasteiger partial charge is 0.203 e. The van der Waals surface area contributed by atoms with Crippen molar-refractivity contribution in [2.24, 2.45) is 0 Å². The van der Waals surface area contributed by atoms with Crippen molar-refractivity contribution in [2.45, 2.75) is 38.5 Å². The van der Waals surface area contributed by atoms with Crippen LogP contribution < -0.4 is 5.32 Å². The van der Waals surface area contributed by atoms with E-state index in [4.69, 9.17) is 14.4 Å². The van der Waals surface area contributed by atoms with Crippen molar-refractivity contribution < 1.29 is 9.15 Å². The highest BCUT2D eigenvalue weighted by atomic mass is 16.5. The third-order valence-electron chi connectivity index (χ3n) is 2.83. The Morgan fingerprint density at radius 3 is 3.00 bits per heavy atom. The standard InChI is InChI=1S/C12H16N2O2/c1-2-15-12-5-9(6-12)14-8-11-4-3-10(7-13)16-11/h3-4,9,12,14H,2,5-6,8H2,1H3. The van der Waals surface area contributed by atoms with Gasteiger partial charge in [-0.1, -0.05) is 0 Å². The lowest BCUT2D eigenvalue weighted by Gasteiger charge is -2.35. The predicted octanol–water partition coefficient (Wildman–Crippen LogP) is 1.81. The highest BCUT2D eigenvalue weighted by Gasteiger charge is 2.28. The summed E-state index contributed by atoms with van der Waals surface area (Å²) in [6, 6.07) is 6.03. The molecule has 1 aromatic heterocycles. The van der Waals surface area contributed by atoms with Gasteiger partial charge >= 0.3 is 0 Å². The fourth-order valence-corrected chi connectivity index (χ4v) is 1.88. The van der Waals surface area contributed by atoms with E-state index in [2.05, 4.69) is 5.32 Å². The monoisotopic (exact) mass is 220 g/mol. The molecule has 1 aromatic rings. The average Bonchev–Trinajstić information content (AvgIpc) is 2.69. The van der Waals surface area contributed by atoms with Crippen LogP contribution in [0, 0.1) is 11.3 Å². The molecule has 1 N–H and O–H groups in total. The first-order chi connectivity index (χ1) is 7.81. The first kappa shape index (κ1) is 11.2. The SMILES string of the molecule is CCOC1CC(NCc2ccc(C#N)o2)C1. The Balaban J connectivity index is 1.68. The highest BCUT2D eigenvalue weighted by molar-refractivity contribution is 5.19. The molecule has 1 fully saturated rings. The fraction of sp³-hybridized carbons (Fsp3) is 0.583. The third-order valence-corrected chi connectivity index (χ3v) is 2.83. The van der Waals surface area contributed by atoms with Crippen LogP contribution in [0.2, 0.25) is 0 Å². The minimum Gasteiger partial charge on any atom is -0.449 e. The number of ether oxygens (including phenoxy) is 1. The zero-order valence-corrected chi connectivity index (χ0v) is 9.40. The van der Waals surface area contributed by atoms with Gasteiger partial charge in [-0.05, 0) is 31.9 Å². The molecule has 1 heterocycles. The van der Waals surface area contributed by atoms with Crippen LogP contribution in [0.1, 0.15) is 31.3 Å².